The summed E-state index contributed by atoms with van der Waals surface area (Å²) in [6.07, 6.45) is 2.77. The van der Waals surface area contributed by atoms with E-state index in [9.17, 15) is 4.79 Å². The molecule has 1 unspecified atom stereocenters. The average molecular weight is 199 g/mol. The largest absolute Gasteiger partial charge is 0.478 e. The van der Waals surface area contributed by atoms with Gasteiger partial charge >= 0.3 is 5.97 Å². The van der Waals surface area contributed by atoms with Crippen LogP contribution in [0.25, 0.3) is 0 Å². The van der Waals surface area contributed by atoms with Gasteiger partial charge in [0.1, 0.15) is 0 Å². The van der Waals surface area contributed by atoms with E-state index in [1.807, 2.05) is 7.05 Å². The molecule has 1 aliphatic heterocycles. The second-order valence-corrected chi connectivity index (χ2v) is 3.65. The van der Waals surface area contributed by atoms with Gasteiger partial charge in [0.25, 0.3) is 0 Å². The summed E-state index contributed by atoms with van der Waals surface area (Å²) in [6.45, 7) is 3.86. The second kappa shape index (κ2) is 5.12. The van der Waals surface area contributed by atoms with Gasteiger partial charge in [-0.25, -0.2) is 4.79 Å². The highest BCUT2D eigenvalue weighted by Crippen LogP contribution is 2.10. The van der Waals surface area contributed by atoms with Crippen molar-refractivity contribution in [1.82, 2.24) is 4.90 Å². The minimum Gasteiger partial charge on any atom is -0.478 e. The van der Waals surface area contributed by atoms with Crippen LogP contribution in [-0.2, 0) is 9.53 Å². The van der Waals surface area contributed by atoms with Gasteiger partial charge in [-0.2, -0.15) is 0 Å². The molecule has 0 aromatic heterocycles. The van der Waals surface area contributed by atoms with Crippen molar-refractivity contribution in [2.45, 2.75) is 19.4 Å². The first-order valence-corrected chi connectivity index (χ1v) is 4.79. The van der Waals surface area contributed by atoms with Crippen LogP contribution in [0.1, 0.15) is 13.3 Å². The molecule has 0 amide bonds. The summed E-state index contributed by atoms with van der Waals surface area (Å²) in [5.41, 5.74) is 0.399. The lowest BCUT2D eigenvalue weighted by molar-refractivity contribution is -0.132. The van der Waals surface area contributed by atoms with Crippen LogP contribution in [0.3, 0.4) is 0 Å². The van der Waals surface area contributed by atoms with Gasteiger partial charge in [-0.05, 0) is 20.4 Å². The third kappa shape index (κ3) is 3.12. The lowest BCUT2D eigenvalue weighted by Gasteiger charge is -2.20. The van der Waals surface area contributed by atoms with Crippen molar-refractivity contribution in [2.75, 3.05) is 26.8 Å². The van der Waals surface area contributed by atoms with Gasteiger partial charge in [0.2, 0.25) is 0 Å². The quantitative estimate of drug-likeness (QED) is 0.678. The summed E-state index contributed by atoms with van der Waals surface area (Å²) in [7, 11) is 1.99. The highest BCUT2D eigenvalue weighted by molar-refractivity contribution is 5.85. The molecule has 1 atom stereocenters. The van der Waals surface area contributed by atoms with Crippen LogP contribution in [0.15, 0.2) is 11.6 Å². The molecule has 1 aliphatic rings. The van der Waals surface area contributed by atoms with Gasteiger partial charge in [0, 0.05) is 24.8 Å². The molecule has 0 radical (unpaired) electrons. The Kier molecular flexibility index (Phi) is 4.10. The van der Waals surface area contributed by atoms with E-state index in [0.29, 0.717) is 18.2 Å². The molecule has 1 N–H and O–H groups in total. The number of carboxylic acids is 1. The first kappa shape index (κ1) is 11.2. The smallest absolute Gasteiger partial charge is 0.330 e. The van der Waals surface area contributed by atoms with Crippen molar-refractivity contribution in [3.8, 4) is 0 Å². The van der Waals surface area contributed by atoms with E-state index in [1.54, 1.807) is 13.0 Å². The van der Waals surface area contributed by atoms with Gasteiger partial charge in [-0.3, -0.25) is 4.90 Å². The number of likely N-dealkylation sites (N-methyl/N-ethyl adjacent to an activating group) is 1. The van der Waals surface area contributed by atoms with E-state index in [-0.39, 0.29) is 0 Å². The molecule has 4 nitrogen and oxygen atoms in total. The van der Waals surface area contributed by atoms with E-state index < -0.39 is 5.97 Å². The Labute approximate surface area is 84.2 Å². The standard InChI is InChI=1S/C10H17NO3/c1-8(10(12)13)3-5-11(2)9-4-6-14-7-9/h3,9H,4-7H2,1-2H3,(H,12,13)/b8-3-. The molecule has 1 fully saturated rings. The Bertz CT molecular complexity index is 232. The lowest BCUT2D eigenvalue weighted by Crippen LogP contribution is -2.32. The van der Waals surface area contributed by atoms with Crippen LogP contribution in [0.4, 0.5) is 0 Å². The molecule has 0 saturated carbocycles. The minimum atomic E-state index is -0.846. The monoisotopic (exact) mass is 199 g/mol. The van der Waals surface area contributed by atoms with Gasteiger partial charge in [0.05, 0.1) is 6.61 Å². The molecule has 0 aliphatic carbocycles. The molecular weight excluding hydrogens is 182 g/mol. The number of nitrogens with zero attached hydrogens (tertiary/aromatic N) is 1. The molecule has 4 heteroatoms. The van der Waals surface area contributed by atoms with Crippen molar-refractivity contribution < 1.29 is 14.6 Å². The molecule has 0 aromatic rings. The third-order valence-corrected chi connectivity index (χ3v) is 2.55. The van der Waals surface area contributed by atoms with E-state index in [4.69, 9.17) is 9.84 Å². The highest BCUT2D eigenvalue weighted by atomic mass is 16.5. The Morgan fingerprint density at radius 2 is 2.43 bits per heavy atom. The van der Waals surface area contributed by atoms with Gasteiger partial charge in [-0.1, -0.05) is 6.08 Å². The second-order valence-electron chi connectivity index (χ2n) is 3.65. The van der Waals surface area contributed by atoms with Gasteiger partial charge in [0.15, 0.2) is 0 Å². The highest BCUT2D eigenvalue weighted by Gasteiger charge is 2.19. The normalized spacial score (nSPS) is 23.1. The Morgan fingerprint density at radius 3 is 2.93 bits per heavy atom. The summed E-state index contributed by atoms with van der Waals surface area (Å²) in [6, 6.07) is 0.438. The first-order chi connectivity index (χ1) is 6.61. The number of ether oxygens (including phenoxy) is 1. The lowest BCUT2D eigenvalue weighted by atomic mass is 10.2. The topological polar surface area (TPSA) is 49.8 Å². The van der Waals surface area contributed by atoms with Gasteiger partial charge in [-0.15, -0.1) is 0 Å². The number of carbonyl (C=O) groups is 1. The minimum absolute atomic E-state index is 0.399. The van der Waals surface area contributed by atoms with Crippen LogP contribution in [-0.4, -0.2) is 48.8 Å². The first-order valence-electron chi connectivity index (χ1n) is 4.79. The van der Waals surface area contributed by atoms with Crippen molar-refractivity contribution in [1.29, 1.82) is 0 Å². The van der Waals surface area contributed by atoms with Crippen LogP contribution in [0.2, 0.25) is 0 Å². The fraction of sp³-hybridized carbons (Fsp3) is 0.700. The fourth-order valence-corrected chi connectivity index (χ4v) is 1.39. The Morgan fingerprint density at radius 1 is 1.71 bits per heavy atom. The van der Waals surface area contributed by atoms with Crippen molar-refractivity contribution in [2.24, 2.45) is 0 Å². The molecule has 0 spiro atoms. The van der Waals surface area contributed by atoms with Crippen molar-refractivity contribution in [3.05, 3.63) is 11.6 Å². The van der Waals surface area contributed by atoms with E-state index in [2.05, 4.69) is 4.90 Å². The summed E-state index contributed by atoms with van der Waals surface area (Å²) < 4.78 is 5.25. The van der Waals surface area contributed by atoms with E-state index in [0.717, 1.165) is 19.6 Å². The molecule has 0 aromatic carbocycles. The number of hydrogen-bond acceptors (Lipinski definition) is 3. The van der Waals surface area contributed by atoms with Gasteiger partial charge < -0.3 is 9.84 Å². The maximum absolute atomic E-state index is 10.5. The molecule has 1 rings (SSSR count). The Hall–Kier alpha value is -0.870. The summed E-state index contributed by atoms with van der Waals surface area (Å²) in [5.74, 6) is -0.846. The summed E-state index contributed by atoms with van der Waals surface area (Å²) in [4.78, 5) is 12.6. The fourth-order valence-electron chi connectivity index (χ4n) is 1.39. The number of carboxylic acid groups (broad SMARTS) is 1. The van der Waals surface area contributed by atoms with Crippen LogP contribution < -0.4 is 0 Å². The maximum atomic E-state index is 10.5. The summed E-state index contributed by atoms with van der Waals surface area (Å²) >= 11 is 0. The zero-order valence-corrected chi connectivity index (χ0v) is 8.69. The molecule has 80 valence electrons. The SMILES string of the molecule is C/C(=C/CN(C)C1CCOC1)C(=O)O. The summed E-state index contributed by atoms with van der Waals surface area (Å²) in [5, 5.41) is 8.65. The average Bonchev–Trinajstić information content (AvgIpc) is 2.66. The number of hydrogen-bond donors (Lipinski definition) is 1. The molecule has 14 heavy (non-hydrogen) atoms. The molecule has 0 bridgehead atoms. The van der Waals surface area contributed by atoms with Crippen LogP contribution in [0, 0.1) is 0 Å². The Balaban J connectivity index is 2.36. The number of rotatable bonds is 4. The van der Waals surface area contributed by atoms with Crippen LogP contribution >= 0.6 is 0 Å². The maximum Gasteiger partial charge on any atom is 0.330 e. The third-order valence-electron chi connectivity index (χ3n) is 2.55. The number of aliphatic carboxylic acids is 1. The predicted octanol–water partition coefficient (Wildman–Crippen LogP) is 0.738. The molecule has 1 heterocycles. The predicted molar refractivity (Wildman–Crippen MR) is 53.2 cm³/mol. The van der Waals surface area contributed by atoms with E-state index in [1.165, 1.54) is 0 Å². The van der Waals surface area contributed by atoms with E-state index >= 15 is 0 Å². The molecule has 1 saturated heterocycles. The van der Waals surface area contributed by atoms with Crippen molar-refractivity contribution in [3.63, 3.8) is 0 Å². The van der Waals surface area contributed by atoms with Crippen molar-refractivity contribution >= 4 is 5.97 Å². The zero-order chi connectivity index (χ0) is 10.6. The molecular formula is C10H17NO3. The zero-order valence-electron chi connectivity index (χ0n) is 8.69. The van der Waals surface area contributed by atoms with Crippen LogP contribution in [0.5, 0.6) is 0 Å².